The average molecular weight is 311 g/mol. The third-order valence-electron chi connectivity index (χ3n) is 4.09. The lowest BCUT2D eigenvalue weighted by molar-refractivity contribution is 0.111. The van der Waals surface area contributed by atoms with E-state index in [0.29, 0.717) is 24.2 Å². The van der Waals surface area contributed by atoms with Crippen molar-refractivity contribution in [1.29, 1.82) is 0 Å². The summed E-state index contributed by atoms with van der Waals surface area (Å²) in [6.45, 7) is 0.357. The molecule has 1 aliphatic rings. The van der Waals surface area contributed by atoms with Gasteiger partial charge in [-0.1, -0.05) is 18.2 Å². The lowest BCUT2D eigenvalue weighted by Crippen LogP contribution is -2.10. The van der Waals surface area contributed by atoms with Crippen molar-refractivity contribution in [1.82, 2.24) is 4.98 Å². The molecular formula is C19H18FNO2. The summed E-state index contributed by atoms with van der Waals surface area (Å²) in [4.78, 5) is 15.0. The van der Waals surface area contributed by atoms with Crippen molar-refractivity contribution in [2.75, 3.05) is 6.61 Å². The maximum absolute atomic E-state index is 14.1. The Kier molecular flexibility index (Phi) is 4.81. The fraction of sp³-hybridized carbons (Fsp3) is 0.263. The van der Waals surface area contributed by atoms with Gasteiger partial charge in [0.25, 0.3) is 0 Å². The van der Waals surface area contributed by atoms with Crippen LogP contribution in [0, 0.1) is 5.82 Å². The van der Waals surface area contributed by atoms with Gasteiger partial charge in [-0.2, -0.15) is 0 Å². The van der Waals surface area contributed by atoms with E-state index in [1.54, 1.807) is 24.4 Å². The fourth-order valence-corrected chi connectivity index (χ4v) is 2.94. The molecule has 4 heteroatoms. The van der Waals surface area contributed by atoms with Gasteiger partial charge >= 0.3 is 0 Å². The van der Waals surface area contributed by atoms with E-state index in [1.807, 2.05) is 12.1 Å². The number of pyridine rings is 1. The molecule has 0 radical (unpaired) electrons. The molecule has 0 bridgehead atoms. The molecule has 0 spiro atoms. The van der Waals surface area contributed by atoms with Crippen LogP contribution in [0.3, 0.4) is 0 Å². The third kappa shape index (κ3) is 3.47. The Balaban J connectivity index is 1.86. The van der Waals surface area contributed by atoms with Crippen LogP contribution in [0.25, 0.3) is 5.57 Å². The monoisotopic (exact) mass is 311 g/mol. The van der Waals surface area contributed by atoms with Crippen LogP contribution in [0.15, 0.2) is 48.2 Å². The number of hydrogen-bond donors (Lipinski definition) is 0. The molecule has 0 N–H and O–H groups in total. The fourth-order valence-electron chi connectivity index (χ4n) is 2.94. The lowest BCUT2D eigenvalue weighted by Gasteiger charge is -2.21. The summed E-state index contributed by atoms with van der Waals surface area (Å²) >= 11 is 0. The number of nitrogens with zero attached hydrogens (tertiary/aromatic N) is 1. The van der Waals surface area contributed by atoms with Crippen molar-refractivity contribution in [3.05, 3.63) is 65.2 Å². The minimum absolute atomic E-state index is 0.197. The van der Waals surface area contributed by atoms with Crippen LogP contribution in [-0.2, 0) is 0 Å². The number of rotatable bonds is 5. The number of allylic oxidation sites excluding steroid dienone is 1. The molecule has 118 valence electrons. The topological polar surface area (TPSA) is 39.2 Å². The van der Waals surface area contributed by atoms with Crippen LogP contribution in [-0.4, -0.2) is 17.9 Å². The molecule has 0 aliphatic heterocycles. The first-order valence-corrected chi connectivity index (χ1v) is 7.78. The normalized spacial score (nSPS) is 14.7. The molecule has 3 nitrogen and oxygen atoms in total. The summed E-state index contributed by atoms with van der Waals surface area (Å²) in [6.07, 6.45) is 6.11. The standard InChI is InChI=1S/C19H18FNO2/c20-17-9-4-3-8-16(17)15-7-2-1-6-14(15)13-23-19-10-5-11-21-18(19)12-22/h3-5,8-12H,1-2,6-7,13H2. The van der Waals surface area contributed by atoms with Gasteiger partial charge in [0.2, 0.25) is 0 Å². The molecule has 1 heterocycles. The van der Waals surface area contributed by atoms with Crippen LogP contribution in [0.2, 0.25) is 0 Å². The van der Waals surface area contributed by atoms with E-state index in [2.05, 4.69) is 4.98 Å². The van der Waals surface area contributed by atoms with Gasteiger partial charge in [0.15, 0.2) is 6.29 Å². The van der Waals surface area contributed by atoms with Gasteiger partial charge < -0.3 is 4.74 Å². The van der Waals surface area contributed by atoms with E-state index in [-0.39, 0.29) is 11.5 Å². The highest BCUT2D eigenvalue weighted by Crippen LogP contribution is 2.34. The number of aldehydes is 1. The minimum Gasteiger partial charge on any atom is -0.487 e. The highest BCUT2D eigenvalue weighted by Gasteiger charge is 2.18. The maximum Gasteiger partial charge on any atom is 0.172 e. The predicted molar refractivity (Wildman–Crippen MR) is 86.9 cm³/mol. The van der Waals surface area contributed by atoms with E-state index in [9.17, 15) is 9.18 Å². The Hall–Kier alpha value is -2.49. The molecule has 1 aromatic carbocycles. The van der Waals surface area contributed by atoms with E-state index in [1.165, 1.54) is 6.07 Å². The van der Waals surface area contributed by atoms with Gasteiger partial charge in [0.05, 0.1) is 0 Å². The average Bonchev–Trinajstić information content (AvgIpc) is 2.61. The number of benzene rings is 1. The first-order valence-electron chi connectivity index (χ1n) is 7.78. The summed E-state index contributed by atoms with van der Waals surface area (Å²) < 4.78 is 19.9. The largest absolute Gasteiger partial charge is 0.487 e. The van der Waals surface area contributed by atoms with E-state index in [0.717, 1.165) is 36.8 Å². The molecule has 1 aliphatic carbocycles. The quantitative estimate of drug-likeness (QED) is 0.766. The molecule has 3 rings (SSSR count). The molecular weight excluding hydrogens is 293 g/mol. The molecule has 0 fully saturated rings. The molecule has 23 heavy (non-hydrogen) atoms. The predicted octanol–water partition coefficient (Wildman–Crippen LogP) is 4.44. The SMILES string of the molecule is O=Cc1ncccc1OCC1=C(c2ccccc2F)CCCC1. The van der Waals surface area contributed by atoms with Crippen molar-refractivity contribution in [3.63, 3.8) is 0 Å². The number of halogens is 1. The summed E-state index contributed by atoms with van der Waals surface area (Å²) in [5.74, 6) is 0.269. The summed E-state index contributed by atoms with van der Waals surface area (Å²) in [7, 11) is 0. The summed E-state index contributed by atoms with van der Waals surface area (Å²) in [5.41, 5.74) is 3.08. The first-order chi connectivity index (χ1) is 11.3. The minimum atomic E-state index is -0.197. The number of carbonyl (C=O) groups is 1. The summed E-state index contributed by atoms with van der Waals surface area (Å²) in [6, 6.07) is 10.3. The van der Waals surface area contributed by atoms with Crippen LogP contribution >= 0.6 is 0 Å². The van der Waals surface area contributed by atoms with Crippen LogP contribution in [0.1, 0.15) is 41.7 Å². The number of aromatic nitrogens is 1. The zero-order chi connectivity index (χ0) is 16.1. The number of hydrogen-bond acceptors (Lipinski definition) is 3. The van der Waals surface area contributed by atoms with Crippen LogP contribution < -0.4 is 4.74 Å². The third-order valence-corrected chi connectivity index (χ3v) is 4.09. The second-order valence-corrected chi connectivity index (χ2v) is 5.56. The van der Waals surface area contributed by atoms with Crippen molar-refractivity contribution in [3.8, 4) is 5.75 Å². The lowest BCUT2D eigenvalue weighted by atomic mass is 9.87. The van der Waals surface area contributed by atoms with Gasteiger partial charge in [0.1, 0.15) is 23.9 Å². The van der Waals surface area contributed by atoms with Crippen LogP contribution in [0.5, 0.6) is 5.75 Å². The molecule has 1 aromatic heterocycles. The number of carbonyl (C=O) groups excluding carboxylic acids is 1. The maximum atomic E-state index is 14.1. The van der Waals surface area contributed by atoms with Gasteiger partial charge in [-0.15, -0.1) is 0 Å². The van der Waals surface area contributed by atoms with E-state index >= 15 is 0 Å². The molecule has 0 saturated heterocycles. The smallest absolute Gasteiger partial charge is 0.172 e. The van der Waals surface area contributed by atoms with Gasteiger partial charge in [-0.25, -0.2) is 9.37 Å². The first kappa shape index (κ1) is 15.4. The van der Waals surface area contributed by atoms with Crippen molar-refractivity contribution in [2.45, 2.75) is 25.7 Å². The number of ether oxygens (including phenoxy) is 1. The van der Waals surface area contributed by atoms with E-state index in [4.69, 9.17) is 4.74 Å². The Bertz CT molecular complexity index is 740. The second kappa shape index (κ2) is 7.18. The van der Waals surface area contributed by atoms with Crippen molar-refractivity contribution >= 4 is 11.9 Å². The Morgan fingerprint density at radius 2 is 1.96 bits per heavy atom. The molecule has 2 aromatic rings. The Labute approximate surface area is 134 Å². The van der Waals surface area contributed by atoms with Gasteiger partial charge in [0, 0.05) is 11.8 Å². The zero-order valence-corrected chi connectivity index (χ0v) is 12.8. The molecule has 0 amide bonds. The highest BCUT2D eigenvalue weighted by molar-refractivity contribution is 5.76. The van der Waals surface area contributed by atoms with Crippen LogP contribution in [0.4, 0.5) is 4.39 Å². The molecule has 0 saturated carbocycles. The summed E-state index contributed by atoms with van der Waals surface area (Å²) in [5, 5.41) is 0. The zero-order valence-electron chi connectivity index (χ0n) is 12.8. The molecule has 0 unspecified atom stereocenters. The van der Waals surface area contributed by atoms with E-state index < -0.39 is 0 Å². The highest BCUT2D eigenvalue weighted by atomic mass is 19.1. The molecule has 0 atom stereocenters. The van der Waals surface area contributed by atoms with Crippen molar-refractivity contribution in [2.24, 2.45) is 0 Å². The second-order valence-electron chi connectivity index (χ2n) is 5.56. The van der Waals surface area contributed by atoms with Gasteiger partial charge in [-0.3, -0.25) is 4.79 Å². The van der Waals surface area contributed by atoms with Crippen molar-refractivity contribution < 1.29 is 13.9 Å². The van der Waals surface area contributed by atoms with Gasteiger partial charge in [-0.05, 0) is 55.0 Å². The Morgan fingerprint density at radius 1 is 1.13 bits per heavy atom. The Morgan fingerprint density at radius 3 is 2.78 bits per heavy atom.